The van der Waals surface area contributed by atoms with E-state index < -0.39 is 0 Å². The van der Waals surface area contributed by atoms with Crippen LogP contribution >= 0.6 is 0 Å². The standard InChI is InChI=1S/C15H23N3O3/c1-4-11(2)17-15(20)13-8-5-7-12(18-13)14(19)16-9-6-10-21-3/h5,7-8,11H,4,6,9-10H2,1-3H3,(H,16,19)(H,17,20). The number of rotatable bonds is 8. The minimum Gasteiger partial charge on any atom is -0.385 e. The average molecular weight is 293 g/mol. The van der Waals surface area contributed by atoms with Gasteiger partial charge in [0.2, 0.25) is 0 Å². The van der Waals surface area contributed by atoms with Crippen molar-refractivity contribution in [3.05, 3.63) is 29.6 Å². The Balaban J connectivity index is 2.62. The minimum absolute atomic E-state index is 0.0748. The second kappa shape index (κ2) is 9.07. The van der Waals surface area contributed by atoms with Gasteiger partial charge in [0.25, 0.3) is 11.8 Å². The summed E-state index contributed by atoms with van der Waals surface area (Å²) in [7, 11) is 1.61. The quantitative estimate of drug-likeness (QED) is 0.710. The van der Waals surface area contributed by atoms with Gasteiger partial charge in [0.1, 0.15) is 11.4 Å². The molecule has 1 atom stereocenters. The Kier molecular flexibility index (Phi) is 7.39. The molecular formula is C15H23N3O3. The average Bonchev–Trinajstić information content (AvgIpc) is 2.51. The van der Waals surface area contributed by atoms with E-state index in [1.165, 1.54) is 0 Å². The molecule has 1 rings (SSSR count). The van der Waals surface area contributed by atoms with Crippen LogP contribution in [0.1, 0.15) is 47.7 Å². The fourth-order valence-corrected chi connectivity index (χ4v) is 1.60. The first-order chi connectivity index (χ1) is 10.1. The van der Waals surface area contributed by atoms with Crippen molar-refractivity contribution in [3.63, 3.8) is 0 Å². The van der Waals surface area contributed by atoms with Crippen LogP contribution in [0.5, 0.6) is 0 Å². The van der Waals surface area contributed by atoms with Gasteiger partial charge in [-0.25, -0.2) is 4.98 Å². The zero-order chi connectivity index (χ0) is 15.7. The van der Waals surface area contributed by atoms with Crippen molar-refractivity contribution in [2.45, 2.75) is 32.7 Å². The summed E-state index contributed by atoms with van der Waals surface area (Å²) in [6.45, 7) is 5.01. The van der Waals surface area contributed by atoms with Gasteiger partial charge in [-0.1, -0.05) is 13.0 Å². The molecule has 0 spiro atoms. The summed E-state index contributed by atoms with van der Waals surface area (Å²) < 4.78 is 4.91. The topological polar surface area (TPSA) is 80.3 Å². The number of hydrogen-bond acceptors (Lipinski definition) is 4. The molecule has 1 unspecified atom stereocenters. The van der Waals surface area contributed by atoms with Crippen LogP contribution in [-0.2, 0) is 4.74 Å². The molecule has 6 nitrogen and oxygen atoms in total. The minimum atomic E-state index is -0.288. The highest BCUT2D eigenvalue weighted by molar-refractivity contribution is 5.96. The predicted molar refractivity (Wildman–Crippen MR) is 80.3 cm³/mol. The third-order valence-electron chi connectivity index (χ3n) is 3.02. The Bertz CT molecular complexity index is 477. The Labute approximate surface area is 125 Å². The van der Waals surface area contributed by atoms with E-state index in [1.54, 1.807) is 25.3 Å². The lowest BCUT2D eigenvalue weighted by Crippen LogP contribution is -2.33. The van der Waals surface area contributed by atoms with E-state index in [0.717, 1.165) is 12.8 Å². The highest BCUT2D eigenvalue weighted by atomic mass is 16.5. The summed E-state index contributed by atoms with van der Waals surface area (Å²) in [6, 6.07) is 4.92. The fraction of sp³-hybridized carbons (Fsp3) is 0.533. The molecule has 0 saturated carbocycles. The molecule has 116 valence electrons. The van der Waals surface area contributed by atoms with Crippen LogP contribution in [0.25, 0.3) is 0 Å². The molecule has 0 aliphatic carbocycles. The lowest BCUT2D eigenvalue weighted by Gasteiger charge is -2.11. The second-order valence-corrected chi connectivity index (χ2v) is 4.79. The Morgan fingerprint density at radius 1 is 1.29 bits per heavy atom. The van der Waals surface area contributed by atoms with Crippen LogP contribution in [0, 0.1) is 0 Å². The van der Waals surface area contributed by atoms with Gasteiger partial charge in [-0.15, -0.1) is 0 Å². The Hall–Kier alpha value is -1.95. The maximum Gasteiger partial charge on any atom is 0.270 e. The van der Waals surface area contributed by atoms with Crippen LogP contribution in [0.3, 0.4) is 0 Å². The van der Waals surface area contributed by atoms with Gasteiger partial charge in [0, 0.05) is 26.3 Å². The van der Waals surface area contributed by atoms with E-state index in [1.807, 2.05) is 13.8 Å². The zero-order valence-corrected chi connectivity index (χ0v) is 12.8. The molecule has 2 N–H and O–H groups in total. The molecule has 1 heterocycles. The highest BCUT2D eigenvalue weighted by Gasteiger charge is 2.13. The van der Waals surface area contributed by atoms with Crippen molar-refractivity contribution in [1.29, 1.82) is 0 Å². The molecule has 0 radical (unpaired) electrons. The molecule has 0 aromatic carbocycles. The third-order valence-corrected chi connectivity index (χ3v) is 3.02. The van der Waals surface area contributed by atoms with Crippen LogP contribution in [0.2, 0.25) is 0 Å². The van der Waals surface area contributed by atoms with Gasteiger partial charge in [-0.05, 0) is 31.9 Å². The predicted octanol–water partition coefficient (Wildman–Crippen LogP) is 1.38. The summed E-state index contributed by atoms with van der Waals surface area (Å²) in [5.74, 6) is -0.553. The monoisotopic (exact) mass is 293 g/mol. The van der Waals surface area contributed by atoms with Gasteiger partial charge in [0.05, 0.1) is 0 Å². The van der Waals surface area contributed by atoms with Crippen molar-refractivity contribution in [2.75, 3.05) is 20.3 Å². The third kappa shape index (κ3) is 5.91. The maximum absolute atomic E-state index is 12.0. The van der Waals surface area contributed by atoms with E-state index in [2.05, 4.69) is 15.6 Å². The smallest absolute Gasteiger partial charge is 0.270 e. The van der Waals surface area contributed by atoms with E-state index in [9.17, 15) is 9.59 Å². The number of pyridine rings is 1. The number of amides is 2. The Morgan fingerprint density at radius 3 is 2.57 bits per heavy atom. The van der Waals surface area contributed by atoms with E-state index >= 15 is 0 Å². The molecule has 0 saturated heterocycles. The number of aromatic nitrogens is 1. The number of carbonyl (C=O) groups is 2. The molecule has 1 aromatic heterocycles. The number of methoxy groups -OCH3 is 1. The fourth-order valence-electron chi connectivity index (χ4n) is 1.60. The number of carbonyl (C=O) groups excluding carboxylic acids is 2. The summed E-state index contributed by atoms with van der Waals surface area (Å²) in [5, 5.41) is 5.56. The first-order valence-electron chi connectivity index (χ1n) is 7.13. The number of nitrogens with zero attached hydrogens (tertiary/aromatic N) is 1. The largest absolute Gasteiger partial charge is 0.385 e. The molecule has 2 amide bonds. The molecule has 0 fully saturated rings. The first kappa shape index (κ1) is 17.1. The number of hydrogen-bond donors (Lipinski definition) is 2. The molecule has 0 bridgehead atoms. The van der Waals surface area contributed by atoms with Crippen molar-refractivity contribution in [3.8, 4) is 0 Å². The van der Waals surface area contributed by atoms with Crippen molar-refractivity contribution in [2.24, 2.45) is 0 Å². The molecule has 6 heteroatoms. The van der Waals surface area contributed by atoms with E-state index in [-0.39, 0.29) is 29.2 Å². The summed E-state index contributed by atoms with van der Waals surface area (Å²) >= 11 is 0. The molecule has 0 aliphatic heterocycles. The highest BCUT2D eigenvalue weighted by Crippen LogP contribution is 2.01. The SMILES string of the molecule is CCC(C)NC(=O)c1cccc(C(=O)NCCCOC)n1. The maximum atomic E-state index is 12.0. The van der Waals surface area contributed by atoms with Crippen LogP contribution < -0.4 is 10.6 Å². The molecule has 21 heavy (non-hydrogen) atoms. The number of nitrogens with one attached hydrogen (secondary N) is 2. The van der Waals surface area contributed by atoms with Crippen LogP contribution in [0.15, 0.2) is 18.2 Å². The molecule has 0 aliphatic rings. The van der Waals surface area contributed by atoms with Gasteiger partial charge in [-0.2, -0.15) is 0 Å². The molecule has 1 aromatic rings. The van der Waals surface area contributed by atoms with Crippen molar-refractivity contribution < 1.29 is 14.3 Å². The van der Waals surface area contributed by atoms with Gasteiger partial charge in [-0.3, -0.25) is 9.59 Å². The van der Waals surface area contributed by atoms with Crippen molar-refractivity contribution in [1.82, 2.24) is 15.6 Å². The lowest BCUT2D eigenvalue weighted by molar-refractivity contribution is 0.0932. The normalized spacial score (nSPS) is 11.8. The van der Waals surface area contributed by atoms with Crippen LogP contribution in [-0.4, -0.2) is 43.1 Å². The van der Waals surface area contributed by atoms with Gasteiger partial charge >= 0.3 is 0 Å². The summed E-state index contributed by atoms with van der Waals surface area (Å²) in [5.41, 5.74) is 0.490. The van der Waals surface area contributed by atoms with Crippen molar-refractivity contribution >= 4 is 11.8 Å². The summed E-state index contributed by atoms with van der Waals surface area (Å²) in [6.07, 6.45) is 1.57. The summed E-state index contributed by atoms with van der Waals surface area (Å²) in [4.78, 5) is 28.0. The Morgan fingerprint density at radius 2 is 1.95 bits per heavy atom. The van der Waals surface area contributed by atoms with E-state index in [0.29, 0.717) is 13.2 Å². The van der Waals surface area contributed by atoms with E-state index in [4.69, 9.17) is 4.74 Å². The second-order valence-electron chi connectivity index (χ2n) is 4.79. The zero-order valence-electron chi connectivity index (χ0n) is 12.8. The molecular weight excluding hydrogens is 270 g/mol. The van der Waals surface area contributed by atoms with Gasteiger partial charge in [0.15, 0.2) is 0 Å². The van der Waals surface area contributed by atoms with Crippen LogP contribution in [0.4, 0.5) is 0 Å². The lowest BCUT2D eigenvalue weighted by atomic mass is 10.2. The van der Waals surface area contributed by atoms with Gasteiger partial charge < -0.3 is 15.4 Å². The number of ether oxygens (including phenoxy) is 1. The first-order valence-corrected chi connectivity index (χ1v) is 7.13.